The molecule has 1 atom stereocenters. The third-order valence-electron chi connectivity index (χ3n) is 4.60. The Kier molecular flexibility index (Phi) is 4.16. The first-order valence-electron chi connectivity index (χ1n) is 7.70. The van der Waals surface area contributed by atoms with Crippen molar-refractivity contribution in [3.8, 4) is 0 Å². The SMILES string of the molecule is Cc1sc(CNC2CC2)cc1S(=O)(=O)N(C)C(C)C1CC1. The van der Waals surface area contributed by atoms with E-state index in [1.165, 1.54) is 12.8 Å². The van der Waals surface area contributed by atoms with Crippen LogP contribution in [0.3, 0.4) is 0 Å². The second-order valence-electron chi connectivity index (χ2n) is 6.39. The topological polar surface area (TPSA) is 49.4 Å². The molecule has 6 heteroatoms. The summed E-state index contributed by atoms with van der Waals surface area (Å²) in [5.41, 5.74) is 0. The molecule has 1 heterocycles. The standard InChI is InChI=1S/C15H24N2O2S2/c1-10(12-4-5-12)17(3)21(18,19)15-8-14(20-11(15)2)9-16-13-6-7-13/h8,10,12-13,16H,4-7,9H2,1-3H3. The van der Waals surface area contributed by atoms with E-state index in [9.17, 15) is 8.42 Å². The molecule has 0 radical (unpaired) electrons. The van der Waals surface area contributed by atoms with E-state index < -0.39 is 10.0 Å². The van der Waals surface area contributed by atoms with E-state index in [1.807, 2.05) is 19.9 Å². The highest BCUT2D eigenvalue weighted by atomic mass is 32.2. The van der Waals surface area contributed by atoms with Gasteiger partial charge in [0.1, 0.15) is 0 Å². The van der Waals surface area contributed by atoms with Crippen LogP contribution in [0.25, 0.3) is 0 Å². The van der Waals surface area contributed by atoms with Crippen molar-refractivity contribution in [1.29, 1.82) is 0 Å². The number of nitrogens with zero attached hydrogens (tertiary/aromatic N) is 1. The molecule has 0 aromatic carbocycles. The number of hydrogen-bond acceptors (Lipinski definition) is 4. The molecule has 0 aliphatic heterocycles. The Morgan fingerprint density at radius 1 is 1.38 bits per heavy atom. The molecule has 0 spiro atoms. The number of thiophene rings is 1. The third kappa shape index (κ3) is 3.33. The Hall–Kier alpha value is -0.430. The second kappa shape index (κ2) is 5.65. The van der Waals surface area contributed by atoms with Crippen molar-refractivity contribution in [3.05, 3.63) is 15.8 Å². The number of sulfonamides is 1. The van der Waals surface area contributed by atoms with Crippen LogP contribution in [0.4, 0.5) is 0 Å². The van der Waals surface area contributed by atoms with E-state index in [1.54, 1.807) is 22.7 Å². The van der Waals surface area contributed by atoms with Crippen molar-refractivity contribution in [3.63, 3.8) is 0 Å². The zero-order valence-electron chi connectivity index (χ0n) is 12.9. The fourth-order valence-corrected chi connectivity index (χ4v) is 5.62. The maximum atomic E-state index is 12.8. The Bertz CT molecular complexity index is 616. The van der Waals surface area contributed by atoms with Gasteiger partial charge in [-0.1, -0.05) is 0 Å². The second-order valence-corrected chi connectivity index (χ2v) is 9.69. The molecule has 0 saturated heterocycles. The number of nitrogens with one attached hydrogen (secondary N) is 1. The monoisotopic (exact) mass is 328 g/mol. The van der Waals surface area contributed by atoms with Crippen molar-refractivity contribution in [2.75, 3.05) is 7.05 Å². The summed E-state index contributed by atoms with van der Waals surface area (Å²) >= 11 is 1.60. The van der Waals surface area contributed by atoms with E-state index in [2.05, 4.69) is 5.32 Å². The molecule has 21 heavy (non-hydrogen) atoms. The Morgan fingerprint density at radius 2 is 2.05 bits per heavy atom. The van der Waals surface area contributed by atoms with E-state index in [4.69, 9.17) is 0 Å². The number of hydrogen-bond donors (Lipinski definition) is 1. The van der Waals surface area contributed by atoms with Gasteiger partial charge in [0.2, 0.25) is 10.0 Å². The van der Waals surface area contributed by atoms with Gasteiger partial charge in [-0.15, -0.1) is 11.3 Å². The fourth-order valence-electron chi connectivity index (χ4n) is 2.65. The van der Waals surface area contributed by atoms with E-state index in [0.717, 1.165) is 29.1 Å². The molecule has 118 valence electrons. The van der Waals surface area contributed by atoms with Crippen LogP contribution in [0, 0.1) is 12.8 Å². The third-order valence-corrected chi connectivity index (χ3v) is 7.85. The molecular formula is C15H24N2O2S2. The molecule has 1 aromatic heterocycles. The van der Waals surface area contributed by atoms with Crippen molar-refractivity contribution < 1.29 is 8.42 Å². The molecule has 2 saturated carbocycles. The summed E-state index contributed by atoms with van der Waals surface area (Å²) in [6.07, 6.45) is 4.80. The van der Waals surface area contributed by atoms with Crippen molar-refractivity contribution >= 4 is 21.4 Å². The van der Waals surface area contributed by atoms with Gasteiger partial charge in [-0.3, -0.25) is 0 Å². The van der Waals surface area contributed by atoms with Crippen molar-refractivity contribution in [2.45, 2.75) is 63.1 Å². The quantitative estimate of drug-likeness (QED) is 0.837. The molecule has 1 aromatic rings. The lowest BCUT2D eigenvalue weighted by Gasteiger charge is -2.24. The molecule has 1 N–H and O–H groups in total. The van der Waals surface area contributed by atoms with Gasteiger partial charge in [-0.05, 0) is 51.5 Å². The molecule has 4 nitrogen and oxygen atoms in total. The summed E-state index contributed by atoms with van der Waals surface area (Å²) in [5, 5.41) is 3.45. The molecule has 0 bridgehead atoms. The van der Waals surface area contributed by atoms with Crippen LogP contribution in [0.5, 0.6) is 0 Å². The molecule has 2 fully saturated rings. The van der Waals surface area contributed by atoms with Gasteiger partial charge in [0, 0.05) is 35.4 Å². The number of rotatable bonds is 7. The van der Waals surface area contributed by atoms with Gasteiger partial charge in [0.15, 0.2) is 0 Å². The van der Waals surface area contributed by atoms with Crippen molar-refractivity contribution in [1.82, 2.24) is 9.62 Å². The van der Waals surface area contributed by atoms with Crippen LogP contribution < -0.4 is 5.32 Å². The van der Waals surface area contributed by atoms with E-state index >= 15 is 0 Å². The first-order chi connectivity index (χ1) is 9.89. The number of aryl methyl sites for hydroxylation is 1. The Balaban J connectivity index is 1.76. The van der Waals surface area contributed by atoms with Gasteiger partial charge in [0.05, 0.1) is 4.90 Å². The summed E-state index contributed by atoms with van der Waals surface area (Å²) in [6.45, 7) is 4.72. The smallest absolute Gasteiger partial charge is 0.244 e. The highest BCUT2D eigenvalue weighted by Crippen LogP contribution is 2.37. The minimum atomic E-state index is -3.36. The molecule has 3 rings (SSSR count). The first-order valence-corrected chi connectivity index (χ1v) is 9.96. The lowest BCUT2D eigenvalue weighted by atomic mass is 10.2. The van der Waals surface area contributed by atoms with Gasteiger partial charge in [0.25, 0.3) is 0 Å². The van der Waals surface area contributed by atoms with Crippen LogP contribution in [-0.4, -0.2) is 31.9 Å². The van der Waals surface area contributed by atoms with Gasteiger partial charge in [-0.25, -0.2) is 8.42 Å². The minimum absolute atomic E-state index is 0.0994. The molecule has 2 aliphatic carbocycles. The summed E-state index contributed by atoms with van der Waals surface area (Å²) in [6, 6.07) is 2.60. The predicted octanol–water partition coefficient (Wildman–Crippen LogP) is 2.73. The Morgan fingerprint density at radius 3 is 2.62 bits per heavy atom. The van der Waals surface area contributed by atoms with Crippen LogP contribution in [0.1, 0.15) is 42.4 Å². The van der Waals surface area contributed by atoms with E-state index in [0.29, 0.717) is 16.9 Å². The van der Waals surface area contributed by atoms with Gasteiger partial charge >= 0.3 is 0 Å². The average Bonchev–Trinajstić information content (AvgIpc) is 3.33. The summed E-state index contributed by atoms with van der Waals surface area (Å²) in [5.74, 6) is 0.541. The Labute approximate surface area is 131 Å². The maximum absolute atomic E-state index is 12.8. The minimum Gasteiger partial charge on any atom is -0.309 e. The summed E-state index contributed by atoms with van der Waals surface area (Å²) in [4.78, 5) is 2.51. The van der Waals surface area contributed by atoms with Gasteiger partial charge < -0.3 is 5.32 Å². The largest absolute Gasteiger partial charge is 0.309 e. The lowest BCUT2D eigenvalue weighted by molar-refractivity contribution is 0.357. The highest BCUT2D eigenvalue weighted by Gasteiger charge is 2.37. The lowest BCUT2D eigenvalue weighted by Crippen LogP contribution is -2.36. The average molecular weight is 329 g/mol. The first kappa shape index (κ1) is 15.5. The summed E-state index contributed by atoms with van der Waals surface area (Å²) in [7, 11) is -1.64. The van der Waals surface area contributed by atoms with Crippen LogP contribution in [-0.2, 0) is 16.6 Å². The zero-order chi connectivity index (χ0) is 15.2. The predicted molar refractivity (Wildman–Crippen MR) is 86.1 cm³/mol. The van der Waals surface area contributed by atoms with Crippen LogP contribution >= 0.6 is 11.3 Å². The normalized spacial score (nSPS) is 21.0. The van der Waals surface area contributed by atoms with E-state index in [-0.39, 0.29) is 6.04 Å². The summed E-state index contributed by atoms with van der Waals surface area (Å²) < 4.78 is 27.2. The van der Waals surface area contributed by atoms with Crippen LogP contribution in [0.2, 0.25) is 0 Å². The zero-order valence-corrected chi connectivity index (χ0v) is 14.6. The van der Waals surface area contributed by atoms with Crippen LogP contribution in [0.15, 0.2) is 11.0 Å². The highest BCUT2D eigenvalue weighted by molar-refractivity contribution is 7.89. The molecular weight excluding hydrogens is 304 g/mol. The van der Waals surface area contributed by atoms with Gasteiger partial charge in [-0.2, -0.15) is 4.31 Å². The van der Waals surface area contributed by atoms with Crippen molar-refractivity contribution in [2.24, 2.45) is 5.92 Å². The fraction of sp³-hybridized carbons (Fsp3) is 0.733. The molecule has 0 amide bonds. The molecule has 1 unspecified atom stereocenters. The molecule has 2 aliphatic rings. The maximum Gasteiger partial charge on any atom is 0.244 e.